The van der Waals surface area contributed by atoms with Crippen molar-refractivity contribution in [2.75, 3.05) is 6.54 Å². The van der Waals surface area contributed by atoms with Crippen molar-refractivity contribution in [3.63, 3.8) is 0 Å². The number of aryl methyl sites for hydroxylation is 1. The average Bonchev–Trinajstić information content (AvgIpc) is 2.55. The number of hydrogen-bond acceptors (Lipinski definition) is 2. The van der Waals surface area contributed by atoms with Gasteiger partial charge in [-0.25, -0.2) is 10.2 Å². The van der Waals surface area contributed by atoms with E-state index >= 15 is 0 Å². The summed E-state index contributed by atoms with van der Waals surface area (Å²) in [7, 11) is 0. The summed E-state index contributed by atoms with van der Waals surface area (Å²) in [6.45, 7) is 3.95. The molecule has 0 heterocycles. The molecule has 2 rings (SSSR count). The molecule has 0 aliphatic carbocycles. The molecule has 0 amide bonds. The van der Waals surface area contributed by atoms with Crippen LogP contribution in [-0.4, -0.2) is 28.6 Å². The molecular weight excluding hydrogens is 290 g/mol. The number of benzene rings is 2. The Labute approximate surface area is 136 Å². The van der Waals surface area contributed by atoms with Gasteiger partial charge in [-0.3, -0.25) is 5.32 Å². The fourth-order valence-corrected chi connectivity index (χ4v) is 2.14. The third kappa shape index (κ3) is 5.14. The topological polar surface area (TPSA) is 64.4 Å². The van der Waals surface area contributed by atoms with E-state index in [9.17, 15) is 4.79 Å². The van der Waals surface area contributed by atoms with Gasteiger partial charge in [0, 0.05) is 0 Å². The highest BCUT2D eigenvalue weighted by Gasteiger charge is 2.11. The van der Waals surface area contributed by atoms with Crippen LogP contribution >= 0.6 is 0 Å². The fraction of sp³-hybridized carbons (Fsp3) is 0.222. The second-order valence-electron chi connectivity index (χ2n) is 5.37. The first-order valence-electron chi connectivity index (χ1n) is 7.52. The minimum atomic E-state index is -0.902. The van der Waals surface area contributed by atoms with E-state index < -0.39 is 5.97 Å². The first kappa shape index (κ1) is 16.5. The fourth-order valence-electron chi connectivity index (χ4n) is 2.14. The highest BCUT2D eigenvalue weighted by Crippen LogP contribution is 2.15. The number of nitrogens with one attached hydrogen (secondary N) is 2. The maximum Gasteiger partial charge on any atom is 0.345 e. The summed E-state index contributed by atoms with van der Waals surface area (Å²) in [6, 6.07) is 18.1. The normalized spacial score (nSPS) is 12.5. The van der Waals surface area contributed by atoms with Gasteiger partial charge in [0.05, 0.1) is 6.04 Å². The molecule has 2 aromatic rings. The zero-order valence-corrected chi connectivity index (χ0v) is 13.4. The maximum atomic E-state index is 10.7. The van der Waals surface area contributed by atoms with E-state index in [1.54, 1.807) is 11.0 Å². The standard InChI is InChI=1S/C18H21N3O2/c1-14-8-10-17(11-9-14)21(13-19-12-18(22)23)20-15(2)16-6-4-3-5-7-16/h3-11,13,15,20H,12H2,1-2H3,(H,22,23)/p+1/t15-/m0/s1. The van der Waals surface area contributed by atoms with E-state index in [0.29, 0.717) is 0 Å². The van der Waals surface area contributed by atoms with Crippen molar-refractivity contribution in [1.29, 1.82) is 0 Å². The number of aliphatic carboxylic acids is 1. The summed E-state index contributed by atoms with van der Waals surface area (Å²) in [5.74, 6) is -0.902. The van der Waals surface area contributed by atoms with Crippen molar-refractivity contribution in [1.82, 2.24) is 10.7 Å². The molecule has 0 saturated heterocycles. The van der Waals surface area contributed by atoms with Gasteiger partial charge in [-0.05, 0) is 31.5 Å². The predicted molar refractivity (Wildman–Crippen MR) is 90.8 cm³/mol. The highest BCUT2D eigenvalue weighted by molar-refractivity contribution is 5.72. The van der Waals surface area contributed by atoms with Gasteiger partial charge in [-0.1, -0.05) is 48.0 Å². The van der Waals surface area contributed by atoms with Crippen molar-refractivity contribution in [3.05, 3.63) is 65.7 Å². The molecule has 23 heavy (non-hydrogen) atoms. The first-order chi connectivity index (χ1) is 11.1. The van der Waals surface area contributed by atoms with Crippen LogP contribution in [0, 0.1) is 6.92 Å². The third-order valence-corrected chi connectivity index (χ3v) is 3.42. The Morgan fingerprint density at radius 2 is 1.83 bits per heavy atom. The lowest BCUT2D eigenvalue weighted by molar-refractivity contribution is -0.512. The molecule has 2 aromatic carbocycles. The number of carboxylic acids is 1. The van der Waals surface area contributed by atoms with Gasteiger partial charge in [-0.2, -0.15) is 0 Å². The average molecular weight is 312 g/mol. The number of hydrazone groups is 1. The van der Waals surface area contributed by atoms with Gasteiger partial charge in [-0.15, -0.1) is 4.68 Å². The lowest BCUT2D eigenvalue weighted by Gasteiger charge is -2.16. The van der Waals surface area contributed by atoms with Gasteiger partial charge in [0.25, 0.3) is 6.34 Å². The summed E-state index contributed by atoms with van der Waals surface area (Å²) in [5.41, 5.74) is 6.61. The Kier molecular flexibility index (Phi) is 5.74. The van der Waals surface area contributed by atoms with Crippen LogP contribution < -0.4 is 10.7 Å². The SMILES string of the molecule is Cc1ccc([N+](=CNCC(=O)O)N[C@@H](C)c2ccccc2)cc1. The molecule has 5 nitrogen and oxygen atoms in total. The molecule has 1 atom stereocenters. The van der Waals surface area contributed by atoms with Gasteiger partial charge in [0.15, 0.2) is 12.2 Å². The van der Waals surface area contributed by atoms with Crippen LogP contribution in [-0.2, 0) is 4.79 Å². The van der Waals surface area contributed by atoms with Gasteiger partial charge < -0.3 is 5.11 Å². The molecule has 0 saturated carbocycles. The second kappa shape index (κ2) is 7.98. The highest BCUT2D eigenvalue weighted by atomic mass is 16.4. The van der Waals surface area contributed by atoms with Crippen LogP contribution in [0.1, 0.15) is 24.1 Å². The molecule has 0 aromatic heterocycles. The van der Waals surface area contributed by atoms with Crippen LogP contribution in [0.25, 0.3) is 0 Å². The zero-order chi connectivity index (χ0) is 16.7. The summed E-state index contributed by atoms with van der Waals surface area (Å²) in [4.78, 5) is 10.7. The van der Waals surface area contributed by atoms with E-state index in [4.69, 9.17) is 5.11 Å². The Bertz CT molecular complexity index is 666. The van der Waals surface area contributed by atoms with Crippen molar-refractivity contribution in [2.24, 2.45) is 0 Å². The molecule has 3 N–H and O–H groups in total. The largest absolute Gasteiger partial charge is 0.478 e. The Morgan fingerprint density at radius 3 is 2.43 bits per heavy atom. The number of carbonyl (C=O) groups is 1. The van der Waals surface area contributed by atoms with Gasteiger partial charge in [0.1, 0.15) is 0 Å². The van der Waals surface area contributed by atoms with Crippen LogP contribution in [0.4, 0.5) is 5.69 Å². The summed E-state index contributed by atoms with van der Waals surface area (Å²) >= 11 is 0. The third-order valence-electron chi connectivity index (χ3n) is 3.42. The second-order valence-corrected chi connectivity index (χ2v) is 5.37. The number of nitrogens with zero attached hydrogens (tertiary/aromatic N) is 1. The molecule has 0 bridgehead atoms. The molecule has 5 heteroatoms. The minimum Gasteiger partial charge on any atom is -0.478 e. The quantitative estimate of drug-likeness (QED) is 0.318. The van der Waals surface area contributed by atoms with Crippen molar-refractivity contribution < 1.29 is 14.6 Å². The summed E-state index contributed by atoms with van der Waals surface area (Å²) in [6.07, 6.45) is 1.64. The van der Waals surface area contributed by atoms with Crippen molar-refractivity contribution in [2.45, 2.75) is 19.9 Å². The molecule has 0 unspecified atom stereocenters. The number of hydrazine groups is 1. The summed E-state index contributed by atoms with van der Waals surface area (Å²) in [5, 5.41) is 11.6. The molecule has 0 aliphatic heterocycles. The maximum absolute atomic E-state index is 10.7. The lowest BCUT2D eigenvalue weighted by Crippen LogP contribution is -2.34. The summed E-state index contributed by atoms with van der Waals surface area (Å²) < 4.78 is 1.81. The first-order valence-corrected chi connectivity index (χ1v) is 7.52. The molecule has 120 valence electrons. The van der Waals surface area contributed by atoms with Crippen molar-refractivity contribution in [3.8, 4) is 0 Å². The van der Waals surface area contributed by atoms with Crippen molar-refractivity contribution >= 4 is 18.0 Å². The monoisotopic (exact) mass is 312 g/mol. The lowest BCUT2D eigenvalue weighted by atomic mass is 10.1. The van der Waals surface area contributed by atoms with E-state index in [1.165, 1.54) is 5.56 Å². The van der Waals surface area contributed by atoms with E-state index in [1.807, 2.05) is 49.4 Å². The predicted octanol–water partition coefficient (Wildman–Crippen LogP) is 2.61. The molecule has 0 fully saturated rings. The van der Waals surface area contributed by atoms with Gasteiger partial charge >= 0.3 is 5.97 Å². The van der Waals surface area contributed by atoms with Crippen LogP contribution in [0.5, 0.6) is 0 Å². The molecule has 0 spiro atoms. The Balaban J connectivity index is 2.19. The zero-order valence-electron chi connectivity index (χ0n) is 13.4. The number of carboxylic acid groups (broad SMARTS) is 1. The van der Waals surface area contributed by atoms with Gasteiger partial charge in [0.2, 0.25) is 0 Å². The number of hydrogen-bond donors (Lipinski definition) is 3. The molecule has 0 radical (unpaired) electrons. The number of rotatable bonds is 7. The minimum absolute atomic E-state index is 0.0698. The Morgan fingerprint density at radius 1 is 1.17 bits per heavy atom. The Hall–Kier alpha value is -2.82. The van der Waals surface area contributed by atoms with Crippen LogP contribution in [0.15, 0.2) is 54.6 Å². The smallest absolute Gasteiger partial charge is 0.345 e. The van der Waals surface area contributed by atoms with Crippen LogP contribution in [0.2, 0.25) is 0 Å². The van der Waals surface area contributed by atoms with Crippen LogP contribution in [0.3, 0.4) is 0 Å². The van der Waals surface area contributed by atoms with E-state index in [-0.39, 0.29) is 12.6 Å². The van der Waals surface area contributed by atoms with E-state index in [2.05, 4.69) is 29.8 Å². The molecule has 0 aliphatic rings. The van der Waals surface area contributed by atoms with E-state index in [0.717, 1.165) is 11.3 Å². The molecular formula is C18H22N3O2+.